The maximum Gasteiger partial charge on any atom is 0.333 e. The van der Waals surface area contributed by atoms with Crippen molar-refractivity contribution in [3.63, 3.8) is 0 Å². The number of hydrogen-bond donors (Lipinski definition) is 3. The van der Waals surface area contributed by atoms with Crippen molar-refractivity contribution < 1.29 is 19.4 Å². The molecular weight excluding hydrogens is 370 g/mol. The van der Waals surface area contributed by atoms with Gasteiger partial charge in [-0.05, 0) is 30.5 Å². The minimum absolute atomic E-state index is 0.378. The molecule has 148 valence electrons. The van der Waals surface area contributed by atoms with E-state index in [9.17, 15) is 9.90 Å². The maximum absolute atomic E-state index is 11.5. The number of ether oxygens (including phenoxy) is 2. The minimum Gasteiger partial charge on any atom is -0.478 e. The largest absolute Gasteiger partial charge is 0.478 e. The molecule has 4 N–H and O–H groups in total. The van der Waals surface area contributed by atoms with Gasteiger partial charge in [-0.1, -0.05) is 11.6 Å². The predicted octanol–water partition coefficient (Wildman–Crippen LogP) is 2.24. The molecule has 0 unspecified atom stereocenters. The quantitative estimate of drug-likeness (QED) is 0.494. The number of hydrogen-bond acceptors (Lipinski definition) is 6. The number of anilines is 2. The van der Waals surface area contributed by atoms with Gasteiger partial charge < -0.3 is 30.5 Å². The lowest BCUT2D eigenvalue weighted by atomic mass is 9.98. The van der Waals surface area contributed by atoms with Crippen molar-refractivity contribution >= 4 is 28.9 Å². The highest BCUT2D eigenvalue weighted by atomic mass is 35.5. The summed E-state index contributed by atoms with van der Waals surface area (Å²) in [5.74, 6) is -0.874. The van der Waals surface area contributed by atoms with Gasteiger partial charge in [0.15, 0.2) is 0 Å². The molecule has 1 aromatic rings. The number of rotatable bonds is 11. The summed E-state index contributed by atoms with van der Waals surface area (Å²) >= 11 is 6.45. The molecule has 1 saturated carbocycles. The summed E-state index contributed by atoms with van der Waals surface area (Å²) in [6.07, 6.45) is 4.31. The van der Waals surface area contributed by atoms with Crippen LogP contribution in [-0.2, 0) is 20.7 Å². The van der Waals surface area contributed by atoms with Gasteiger partial charge in [0.1, 0.15) is 0 Å². The van der Waals surface area contributed by atoms with Gasteiger partial charge in [0, 0.05) is 37.4 Å². The summed E-state index contributed by atoms with van der Waals surface area (Å²) in [6, 6.07) is 4.25. The van der Waals surface area contributed by atoms with E-state index in [1.54, 1.807) is 6.20 Å². The lowest BCUT2D eigenvalue weighted by Gasteiger charge is -2.29. The summed E-state index contributed by atoms with van der Waals surface area (Å²) < 4.78 is 10.7. The fourth-order valence-electron chi connectivity index (χ4n) is 3.06. The van der Waals surface area contributed by atoms with E-state index in [0.717, 1.165) is 29.8 Å². The highest BCUT2D eigenvalue weighted by molar-refractivity contribution is 6.33. The normalized spacial score (nSPS) is 16.1. The highest BCUT2D eigenvalue weighted by Gasteiger charge is 2.33. The van der Waals surface area contributed by atoms with Gasteiger partial charge in [0.05, 0.1) is 42.7 Å². The zero-order chi connectivity index (χ0) is 19.2. The first-order valence-electron chi connectivity index (χ1n) is 9.24. The number of aliphatic carboxylic acids is 1. The Morgan fingerprint density at radius 2 is 2.00 bits per heavy atom. The molecule has 1 aliphatic carbocycles. The first-order chi connectivity index (χ1) is 13.1. The van der Waals surface area contributed by atoms with Gasteiger partial charge in [-0.3, -0.25) is 0 Å². The van der Waals surface area contributed by atoms with Crippen molar-refractivity contribution in [1.82, 2.24) is 0 Å². The van der Waals surface area contributed by atoms with Crippen LogP contribution < -0.4 is 16.0 Å². The molecule has 1 heterocycles. The molecule has 0 atom stereocenters. The Kier molecular flexibility index (Phi) is 6.95. The number of nitrogens with one attached hydrogen (secondary N) is 1. The second-order valence-electron chi connectivity index (χ2n) is 6.68. The summed E-state index contributed by atoms with van der Waals surface area (Å²) in [7, 11) is 0. The number of carbonyl (C=O) groups is 1. The Morgan fingerprint density at radius 3 is 2.67 bits per heavy atom. The lowest BCUT2D eigenvalue weighted by Crippen LogP contribution is -2.26. The minimum atomic E-state index is -0.874. The van der Waals surface area contributed by atoms with Crippen LogP contribution in [0.2, 0.25) is 5.02 Å². The second kappa shape index (κ2) is 9.41. The molecule has 0 radical (unpaired) electrons. The summed E-state index contributed by atoms with van der Waals surface area (Å²) in [6.45, 7) is 3.21. The van der Waals surface area contributed by atoms with Crippen LogP contribution in [0.3, 0.4) is 0 Å². The van der Waals surface area contributed by atoms with E-state index in [1.807, 2.05) is 12.1 Å². The second-order valence-corrected chi connectivity index (χ2v) is 7.08. The molecule has 1 aliphatic heterocycles. The van der Waals surface area contributed by atoms with Gasteiger partial charge in [-0.2, -0.15) is 0 Å². The van der Waals surface area contributed by atoms with E-state index in [2.05, 4.69) is 10.2 Å². The third-order valence-corrected chi connectivity index (χ3v) is 4.85. The third kappa shape index (κ3) is 5.35. The van der Waals surface area contributed by atoms with E-state index >= 15 is 0 Å². The molecule has 3 rings (SSSR count). The molecule has 2 aliphatic rings. The van der Waals surface area contributed by atoms with E-state index in [1.165, 1.54) is 0 Å². The van der Waals surface area contributed by atoms with Gasteiger partial charge >= 0.3 is 5.97 Å². The molecule has 0 amide bonds. The topological polar surface area (TPSA) is 97.1 Å². The van der Waals surface area contributed by atoms with Gasteiger partial charge in [0.25, 0.3) is 0 Å². The van der Waals surface area contributed by atoms with Crippen LogP contribution in [0.4, 0.5) is 11.4 Å². The maximum atomic E-state index is 11.5. The smallest absolute Gasteiger partial charge is 0.333 e. The zero-order valence-electron chi connectivity index (χ0n) is 15.2. The molecule has 8 heteroatoms. The number of halogens is 1. The monoisotopic (exact) mass is 395 g/mol. The number of benzene rings is 1. The molecular formula is C19H26ClN3O4. The van der Waals surface area contributed by atoms with Gasteiger partial charge in [-0.15, -0.1) is 0 Å². The van der Waals surface area contributed by atoms with Crippen molar-refractivity contribution in [3.05, 3.63) is 34.5 Å². The molecule has 1 fully saturated rings. The summed E-state index contributed by atoms with van der Waals surface area (Å²) in [5.41, 5.74) is 8.53. The molecule has 1 aromatic carbocycles. The molecule has 7 nitrogen and oxygen atoms in total. The SMILES string of the molecule is NCCOCCOCCNc1cc2c(cc1Cl)N(C1CC1)C=C(C(=O)O)C2. The number of nitrogens with zero attached hydrogens (tertiary/aromatic N) is 1. The highest BCUT2D eigenvalue weighted by Crippen LogP contribution is 2.41. The Morgan fingerprint density at radius 1 is 1.26 bits per heavy atom. The van der Waals surface area contributed by atoms with Crippen LogP contribution in [0.1, 0.15) is 18.4 Å². The van der Waals surface area contributed by atoms with E-state index in [-0.39, 0.29) is 0 Å². The number of fused-ring (bicyclic) bond motifs is 1. The molecule has 0 saturated heterocycles. The fourth-order valence-corrected chi connectivity index (χ4v) is 3.29. The van der Waals surface area contributed by atoms with Crippen LogP contribution in [0, 0.1) is 0 Å². The Hall–Kier alpha value is -1.80. The van der Waals surface area contributed by atoms with Crippen molar-refractivity contribution in [3.8, 4) is 0 Å². The molecule has 27 heavy (non-hydrogen) atoms. The van der Waals surface area contributed by atoms with Crippen molar-refractivity contribution in [2.45, 2.75) is 25.3 Å². The average Bonchev–Trinajstić information content (AvgIpc) is 3.48. The van der Waals surface area contributed by atoms with E-state index < -0.39 is 5.97 Å². The van der Waals surface area contributed by atoms with Crippen LogP contribution in [0.15, 0.2) is 23.9 Å². The standard InChI is InChI=1S/C19H26ClN3O4/c20-16-11-18-13(9-14(19(24)25)12-23(18)15-1-2-15)10-17(16)22-4-6-27-8-7-26-5-3-21/h10-12,15,22H,1-9,21H2,(H,24,25). The van der Waals surface area contributed by atoms with Crippen molar-refractivity contribution in [1.29, 1.82) is 0 Å². The predicted molar refractivity (Wildman–Crippen MR) is 106 cm³/mol. The number of carboxylic acid groups (broad SMARTS) is 1. The lowest BCUT2D eigenvalue weighted by molar-refractivity contribution is -0.132. The van der Waals surface area contributed by atoms with Crippen LogP contribution >= 0.6 is 11.6 Å². The summed E-state index contributed by atoms with van der Waals surface area (Å²) in [4.78, 5) is 13.5. The van der Waals surface area contributed by atoms with E-state index in [4.69, 9.17) is 26.8 Å². The van der Waals surface area contributed by atoms with Gasteiger partial charge in [-0.25, -0.2) is 4.79 Å². The van der Waals surface area contributed by atoms with Crippen LogP contribution in [0.25, 0.3) is 0 Å². The van der Waals surface area contributed by atoms with Crippen molar-refractivity contribution in [2.24, 2.45) is 5.73 Å². The summed E-state index contributed by atoms with van der Waals surface area (Å²) in [5, 5.41) is 13.3. The molecule has 0 bridgehead atoms. The average molecular weight is 396 g/mol. The van der Waals surface area contributed by atoms with Crippen LogP contribution in [0.5, 0.6) is 0 Å². The van der Waals surface area contributed by atoms with Crippen molar-refractivity contribution in [2.75, 3.05) is 49.7 Å². The van der Waals surface area contributed by atoms with E-state index in [0.29, 0.717) is 62.6 Å². The fraction of sp³-hybridized carbons (Fsp3) is 0.526. The Labute approximate surface area is 164 Å². The number of carboxylic acids is 1. The Bertz CT molecular complexity index is 706. The zero-order valence-corrected chi connectivity index (χ0v) is 16.0. The molecule has 0 aromatic heterocycles. The third-order valence-electron chi connectivity index (χ3n) is 4.53. The van der Waals surface area contributed by atoms with Crippen LogP contribution in [-0.4, -0.2) is 56.6 Å². The molecule has 0 spiro atoms. The first-order valence-corrected chi connectivity index (χ1v) is 9.62. The first kappa shape index (κ1) is 19.9. The Balaban J connectivity index is 1.58. The van der Waals surface area contributed by atoms with Gasteiger partial charge in [0.2, 0.25) is 0 Å². The number of nitrogens with two attached hydrogens (primary N) is 1.